The summed E-state index contributed by atoms with van der Waals surface area (Å²) in [5, 5.41) is 2.60. The molecule has 1 fully saturated rings. The van der Waals surface area contributed by atoms with Crippen molar-refractivity contribution in [2.45, 2.75) is 50.2 Å². The third kappa shape index (κ3) is 4.53. The molecule has 0 unspecified atom stereocenters. The average molecular weight is 403 g/mol. The summed E-state index contributed by atoms with van der Waals surface area (Å²) >= 11 is 5.72. The molecular weight excluding hydrogens is 384 g/mol. The van der Waals surface area contributed by atoms with E-state index in [0.29, 0.717) is 5.02 Å². The number of carbonyl (C=O) groups is 3. The zero-order valence-corrected chi connectivity index (χ0v) is 16.1. The number of sulfonamides is 1. The summed E-state index contributed by atoms with van der Waals surface area (Å²) in [4.78, 5) is 35.9. The third-order valence-electron chi connectivity index (χ3n) is 3.39. The number of halogens is 1. The van der Waals surface area contributed by atoms with Gasteiger partial charge in [0.1, 0.15) is 11.6 Å². The summed E-state index contributed by atoms with van der Waals surface area (Å²) in [6.45, 7) is 5.11. The number of ether oxygens (including phenoxy) is 1. The van der Waals surface area contributed by atoms with Gasteiger partial charge >= 0.3 is 12.0 Å². The van der Waals surface area contributed by atoms with Crippen LogP contribution in [0.25, 0.3) is 0 Å². The van der Waals surface area contributed by atoms with E-state index in [1.165, 1.54) is 24.3 Å². The molecule has 0 radical (unpaired) electrons. The highest BCUT2D eigenvalue weighted by molar-refractivity contribution is 7.90. The Morgan fingerprint density at radius 2 is 1.81 bits per heavy atom. The molecular formula is C16H19ClN2O6S. The van der Waals surface area contributed by atoms with Gasteiger partial charge in [0.25, 0.3) is 15.9 Å². The van der Waals surface area contributed by atoms with Crippen molar-refractivity contribution in [3.8, 4) is 0 Å². The van der Waals surface area contributed by atoms with Crippen LogP contribution < -0.4 is 5.32 Å². The van der Waals surface area contributed by atoms with E-state index in [0.717, 1.165) is 0 Å². The van der Waals surface area contributed by atoms with Gasteiger partial charge in [0, 0.05) is 11.4 Å². The SMILES string of the molecule is CC(C)(C)OC(=O)CC[C@@H]1NC(=O)N(S(=O)(=O)c2ccc(Cl)cc2)C1=O. The predicted octanol–water partition coefficient (Wildman–Crippen LogP) is 2.07. The molecule has 10 heteroatoms. The van der Waals surface area contributed by atoms with Crippen molar-refractivity contribution in [2.24, 2.45) is 0 Å². The highest BCUT2D eigenvalue weighted by Crippen LogP contribution is 2.23. The number of hydrogen-bond donors (Lipinski definition) is 1. The molecule has 26 heavy (non-hydrogen) atoms. The highest BCUT2D eigenvalue weighted by Gasteiger charge is 2.46. The van der Waals surface area contributed by atoms with Crippen LogP contribution in [0.5, 0.6) is 0 Å². The zero-order valence-electron chi connectivity index (χ0n) is 14.5. The van der Waals surface area contributed by atoms with Crippen LogP contribution in [0.3, 0.4) is 0 Å². The van der Waals surface area contributed by atoms with Gasteiger partial charge in [-0.3, -0.25) is 9.59 Å². The van der Waals surface area contributed by atoms with Crippen LogP contribution in [0, 0.1) is 0 Å². The third-order valence-corrected chi connectivity index (χ3v) is 5.34. The van der Waals surface area contributed by atoms with E-state index in [9.17, 15) is 22.8 Å². The number of benzene rings is 1. The summed E-state index contributed by atoms with van der Waals surface area (Å²) in [6.07, 6.45) is -0.199. The smallest absolute Gasteiger partial charge is 0.339 e. The van der Waals surface area contributed by atoms with Gasteiger partial charge in [-0.2, -0.15) is 0 Å². The number of imide groups is 1. The molecule has 1 aromatic carbocycles. The van der Waals surface area contributed by atoms with Crippen molar-refractivity contribution in [3.63, 3.8) is 0 Å². The fourth-order valence-electron chi connectivity index (χ4n) is 2.30. The fraction of sp³-hybridized carbons (Fsp3) is 0.438. The second-order valence-electron chi connectivity index (χ2n) is 6.69. The lowest BCUT2D eigenvalue weighted by Gasteiger charge is -2.19. The van der Waals surface area contributed by atoms with Gasteiger partial charge < -0.3 is 10.1 Å². The van der Waals surface area contributed by atoms with Gasteiger partial charge in [-0.25, -0.2) is 13.2 Å². The molecule has 1 aliphatic heterocycles. The Morgan fingerprint density at radius 1 is 1.23 bits per heavy atom. The van der Waals surface area contributed by atoms with Crippen molar-refractivity contribution < 1.29 is 27.5 Å². The van der Waals surface area contributed by atoms with Crippen LogP contribution in [0.1, 0.15) is 33.6 Å². The van der Waals surface area contributed by atoms with Crippen LogP contribution >= 0.6 is 11.6 Å². The van der Waals surface area contributed by atoms with Crippen LogP contribution in [0.15, 0.2) is 29.2 Å². The Kier molecular flexibility index (Phi) is 5.62. The quantitative estimate of drug-likeness (QED) is 0.596. The molecule has 0 aromatic heterocycles. The molecule has 0 spiro atoms. The van der Waals surface area contributed by atoms with Crippen molar-refractivity contribution >= 4 is 39.5 Å². The summed E-state index contributed by atoms with van der Waals surface area (Å²) in [7, 11) is -4.36. The first-order valence-electron chi connectivity index (χ1n) is 7.79. The molecule has 1 aliphatic rings. The normalized spacial score (nSPS) is 18.0. The lowest BCUT2D eigenvalue weighted by molar-refractivity contribution is -0.155. The first kappa shape index (κ1) is 20.2. The second kappa shape index (κ2) is 7.24. The number of rotatable bonds is 5. The number of carbonyl (C=O) groups excluding carboxylic acids is 3. The maximum Gasteiger partial charge on any atom is 0.339 e. The predicted molar refractivity (Wildman–Crippen MR) is 92.9 cm³/mol. The number of nitrogens with one attached hydrogen (secondary N) is 1. The molecule has 2 rings (SSSR count). The average Bonchev–Trinajstić information content (AvgIpc) is 2.78. The van der Waals surface area contributed by atoms with Crippen LogP contribution in [0.2, 0.25) is 5.02 Å². The Hall–Kier alpha value is -2.13. The zero-order chi connectivity index (χ0) is 19.7. The van der Waals surface area contributed by atoms with E-state index < -0.39 is 39.6 Å². The van der Waals surface area contributed by atoms with Crippen molar-refractivity contribution in [1.82, 2.24) is 9.62 Å². The highest BCUT2D eigenvalue weighted by atomic mass is 35.5. The van der Waals surface area contributed by atoms with Crippen molar-refractivity contribution in [1.29, 1.82) is 0 Å². The van der Waals surface area contributed by atoms with E-state index in [4.69, 9.17) is 16.3 Å². The van der Waals surface area contributed by atoms with Crippen molar-refractivity contribution in [2.75, 3.05) is 0 Å². The van der Waals surface area contributed by atoms with Gasteiger partial charge in [-0.1, -0.05) is 11.6 Å². The Balaban J connectivity index is 2.11. The van der Waals surface area contributed by atoms with Gasteiger partial charge in [0.05, 0.1) is 4.90 Å². The number of nitrogens with zero attached hydrogens (tertiary/aromatic N) is 1. The first-order valence-corrected chi connectivity index (χ1v) is 9.61. The molecule has 1 heterocycles. The molecule has 3 amide bonds. The summed E-state index contributed by atoms with van der Waals surface area (Å²) in [5.41, 5.74) is -0.677. The molecule has 1 atom stereocenters. The van der Waals surface area contributed by atoms with Crippen LogP contribution in [-0.2, 0) is 24.3 Å². The first-order chi connectivity index (χ1) is 11.9. The maximum absolute atomic E-state index is 12.5. The monoisotopic (exact) mass is 402 g/mol. The van der Waals surface area contributed by atoms with Crippen molar-refractivity contribution in [3.05, 3.63) is 29.3 Å². The maximum atomic E-state index is 12.5. The summed E-state index contributed by atoms with van der Waals surface area (Å²) < 4.78 is 30.4. The van der Waals surface area contributed by atoms with Gasteiger partial charge in [0.15, 0.2) is 0 Å². The molecule has 0 aliphatic carbocycles. The van der Waals surface area contributed by atoms with E-state index in [1.807, 2.05) is 0 Å². The molecule has 0 bridgehead atoms. The standard InChI is InChI=1S/C16H19ClN2O6S/c1-16(2,3)25-13(20)9-8-12-14(21)19(15(22)18-12)26(23,24)11-6-4-10(17)5-7-11/h4-7,12H,8-9H2,1-3H3,(H,18,22)/t12-/m0/s1. The lowest BCUT2D eigenvalue weighted by atomic mass is 10.1. The fourth-order valence-corrected chi connectivity index (χ4v) is 3.75. The minimum Gasteiger partial charge on any atom is -0.460 e. The molecule has 1 saturated heterocycles. The van der Waals surface area contributed by atoms with Gasteiger partial charge in [0.2, 0.25) is 0 Å². The van der Waals surface area contributed by atoms with E-state index in [2.05, 4.69) is 5.32 Å². The Bertz CT molecular complexity index is 829. The molecule has 8 nitrogen and oxygen atoms in total. The molecule has 0 saturated carbocycles. The molecule has 1 N–H and O–H groups in total. The second-order valence-corrected chi connectivity index (χ2v) is 8.91. The van der Waals surface area contributed by atoms with Crippen LogP contribution in [-0.4, -0.2) is 42.3 Å². The van der Waals surface area contributed by atoms with Crippen LogP contribution in [0.4, 0.5) is 4.79 Å². The largest absolute Gasteiger partial charge is 0.460 e. The van der Waals surface area contributed by atoms with Gasteiger partial charge in [-0.15, -0.1) is 4.31 Å². The minimum absolute atomic E-state index is 0.0634. The van der Waals surface area contributed by atoms with Gasteiger partial charge in [-0.05, 0) is 51.5 Å². The topological polar surface area (TPSA) is 110 Å². The number of esters is 1. The summed E-state index contributed by atoms with van der Waals surface area (Å²) in [6, 6.07) is 2.91. The Morgan fingerprint density at radius 3 is 2.35 bits per heavy atom. The molecule has 1 aromatic rings. The van der Waals surface area contributed by atoms with E-state index in [-0.39, 0.29) is 22.0 Å². The molecule has 142 valence electrons. The lowest BCUT2D eigenvalue weighted by Crippen LogP contribution is -2.37. The Labute approximate surface area is 156 Å². The number of urea groups is 1. The van der Waals surface area contributed by atoms with E-state index >= 15 is 0 Å². The van der Waals surface area contributed by atoms with E-state index in [1.54, 1.807) is 20.8 Å². The number of amides is 3. The summed E-state index contributed by atoms with van der Waals surface area (Å²) in [5.74, 6) is -1.48. The number of hydrogen-bond acceptors (Lipinski definition) is 6. The minimum atomic E-state index is -4.36.